The summed E-state index contributed by atoms with van der Waals surface area (Å²) in [4.78, 5) is 13.8. The largest absolute Gasteiger partial charge is 0.370 e. The van der Waals surface area contributed by atoms with Gasteiger partial charge in [0.2, 0.25) is 0 Å². The van der Waals surface area contributed by atoms with Crippen molar-refractivity contribution < 1.29 is 4.79 Å². The Balaban J connectivity index is 1.99. The highest BCUT2D eigenvalue weighted by Gasteiger charge is 2.23. The molecule has 0 amide bonds. The summed E-state index contributed by atoms with van der Waals surface area (Å²) in [5.74, 6) is 0.587. The average molecular weight is 245 g/mol. The van der Waals surface area contributed by atoms with E-state index in [0.717, 1.165) is 13.1 Å². The van der Waals surface area contributed by atoms with Gasteiger partial charge in [-0.15, -0.1) is 0 Å². The van der Waals surface area contributed by atoms with Crippen LogP contribution in [0.1, 0.15) is 38.7 Å². The average Bonchev–Trinajstić information content (AvgIpc) is 2.40. The number of carbonyl (C=O) groups excluding carboxylic acids is 1. The highest BCUT2D eigenvalue weighted by atomic mass is 16.1. The molecule has 1 aromatic carbocycles. The second-order valence-electron chi connectivity index (χ2n) is 5.33. The summed E-state index contributed by atoms with van der Waals surface area (Å²) in [7, 11) is 0. The molecule has 2 heteroatoms. The number of piperidine rings is 1. The Kier molecular flexibility index (Phi) is 4.40. The predicted molar refractivity (Wildman–Crippen MR) is 76.1 cm³/mol. The molecule has 0 N–H and O–H groups in total. The zero-order chi connectivity index (χ0) is 13.0. The third-order valence-corrected chi connectivity index (χ3v) is 3.79. The Morgan fingerprint density at radius 3 is 2.61 bits per heavy atom. The normalized spacial score (nSPS) is 20.2. The van der Waals surface area contributed by atoms with Gasteiger partial charge in [-0.05, 0) is 30.5 Å². The van der Waals surface area contributed by atoms with E-state index in [-0.39, 0.29) is 5.92 Å². The van der Waals surface area contributed by atoms with Gasteiger partial charge in [0.05, 0.1) is 0 Å². The molecular formula is C16H23NO. The van der Waals surface area contributed by atoms with Crippen LogP contribution in [0.15, 0.2) is 24.3 Å². The maximum Gasteiger partial charge on any atom is 0.139 e. The number of unbranched alkanes of at least 4 members (excludes halogenated alkanes) is 1. The second-order valence-corrected chi connectivity index (χ2v) is 5.33. The molecule has 0 spiro atoms. The summed E-state index contributed by atoms with van der Waals surface area (Å²) < 4.78 is 0. The van der Waals surface area contributed by atoms with Crippen molar-refractivity contribution in [2.24, 2.45) is 5.92 Å². The molecule has 0 saturated carbocycles. The Bertz CT molecular complexity index is 396. The van der Waals surface area contributed by atoms with E-state index in [1.54, 1.807) is 0 Å². The van der Waals surface area contributed by atoms with Crippen molar-refractivity contribution in [3.63, 3.8) is 0 Å². The monoisotopic (exact) mass is 245 g/mol. The molecule has 18 heavy (non-hydrogen) atoms. The first kappa shape index (κ1) is 13.1. The topological polar surface area (TPSA) is 20.3 Å². The van der Waals surface area contributed by atoms with Crippen LogP contribution in [0.4, 0.5) is 5.69 Å². The minimum atomic E-state index is 0.179. The molecule has 0 aromatic heterocycles. The van der Waals surface area contributed by atoms with E-state index in [1.807, 2.05) is 6.92 Å². The van der Waals surface area contributed by atoms with Crippen LogP contribution in [-0.4, -0.2) is 18.9 Å². The summed E-state index contributed by atoms with van der Waals surface area (Å²) >= 11 is 0. The van der Waals surface area contributed by atoms with Crippen LogP contribution >= 0.6 is 0 Å². The lowest BCUT2D eigenvalue weighted by molar-refractivity contribution is -0.122. The predicted octanol–water partition coefficient (Wildman–Crippen LogP) is 3.44. The van der Waals surface area contributed by atoms with E-state index >= 15 is 0 Å². The highest BCUT2D eigenvalue weighted by molar-refractivity contribution is 5.83. The zero-order valence-corrected chi connectivity index (χ0v) is 11.5. The molecule has 1 aromatic rings. The quantitative estimate of drug-likeness (QED) is 0.810. The first-order valence-electron chi connectivity index (χ1n) is 7.07. The number of ketones is 1. The summed E-state index contributed by atoms with van der Waals surface area (Å²) in [6.45, 7) is 6.00. The number of aryl methyl sites for hydroxylation is 1. The van der Waals surface area contributed by atoms with E-state index in [4.69, 9.17) is 0 Å². The van der Waals surface area contributed by atoms with Gasteiger partial charge in [0.15, 0.2) is 0 Å². The van der Waals surface area contributed by atoms with E-state index in [1.165, 1.54) is 30.5 Å². The molecule has 1 heterocycles. The lowest BCUT2D eigenvalue weighted by Gasteiger charge is -2.32. The fourth-order valence-corrected chi connectivity index (χ4v) is 2.50. The standard InChI is InChI=1S/C16H23NO/c1-3-4-5-14-6-8-15(9-7-14)17-11-10-16(18)13(2)12-17/h6-9,13H,3-5,10-12H2,1-2H3. The lowest BCUT2D eigenvalue weighted by atomic mass is 9.98. The Hall–Kier alpha value is -1.31. The van der Waals surface area contributed by atoms with Gasteiger partial charge >= 0.3 is 0 Å². The fraction of sp³-hybridized carbons (Fsp3) is 0.562. The molecule has 1 atom stereocenters. The van der Waals surface area contributed by atoms with E-state index in [9.17, 15) is 4.79 Å². The van der Waals surface area contributed by atoms with Gasteiger partial charge in [0, 0.05) is 31.1 Å². The highest BCUT2D eigenvalue weighted by Crippen LogP contribution is 2.22. The molecule has 1 aliphatic heterocycles. The maximum atomic E-state index is 11.5. The van der Waals surface area contributed by atoms with Gasteiger partial charge in [-0.25, -0.2) is 0 Å². The molecule has 1 saturated heterocycles. The molecule has 98 valence electrons. The van der Waals surface area contributed by atoms with Gasteiger partial charge in [-0.1, -0.05) is 32.4 Å². The Morgan fingerprint density at radius 2 is 2.00 bits per heavy atom. The van der Waals surface area contributed by atoms with Crippen molar-refractivity contribution in [2.75, 3.05) is 18.0 Å². The molecule has 1 unspecified atom stereocenters. The lowest BCUT2D eigenvalue weighted by Crippen LogP contribution is -2.39. The van der Waals surface area contributed by atoms with Crippen LogP contribution in [0.5, 0.6) is 0 Å². The number of rotatable bonds is 4. The van der Waals surface area contributed by atoms with Crippen molar-refractivity contribution in [3.05, 3.63) is 29.8 Å². The van der Waals surface area contributed by atoms with Gasteiger partial charge in [-0.2, -0.15) is 0 Å². The molecule has 1 aliphatic rings. The summed E-state index contributed by atoms with van der Waals surface area (Å²) in [5.41, 5.74) is 2.68. The number of hydrogen-bond donors (Lipinski definition) is 0. The maximum absolute atomic E-state index is 11.5. The van der Waals surface area contributed by atoms with Crippen molar-refractivity contribution in [3.8, 4) is 0 Å². The minimum Gasteiger partial charge on any atom is -0.370 e. The van der Waals surface area contributed by atoms with Crippen LogP contribution in [-0.2, 0) is 11.2 Å². The molecule has 1 fully saturated rings. The summed E-state index contributed by atoms with van der Waals surface area (Å²) in [6.07, 6.45) is 4.37. The summed E-state index contributed by atoms with van der Waals surface area (Å²) in [6, 6.07) is 8.86. The number of benzene rings is 1. The van der Waals surface area contributed by atoms with Gasteiger partial charge < -0.3 is 4.90 Å². The van der Waals surface area contributed by atoms with Crippen LogP contribution in [0.2, 0.25) is 0 Å². The molecular weight excluding hydrogens is 222 g/mol. The second kappa shape index (κ2) is 6.03. The molecule has 0 bridgehead atoms. The summed E-state index contributed by atoms with van der Waals surface area (Å²) in [5, 5.41) is 0. The minimum absolute atomic E-state index is 0.179. The third-order valence-electron chi connectivity index (χ3n) is 3.79. The molecule has 0 radical (unpaired) electrons. The van der Waals surface area contributed by atoms with Gasteiger partial charge in [0.1, 0.15) is 5.78 Å². The van der Waals surface area contributed by atoms with E-state index < -0.39 is 0 Å². The van der Waals surface area contributed by atoms with E-state index in [2.05, 4.69) is 36.1 Å². The molecule has 0 aliphatic carbocycles. The van der Waals surface area contributed by atoms with E-state index in [0.29, 0.717) is 12.2 Å². The molecule has 2 rings (SSSR count). The number of anilines is 1. The smallest absolute Gasteiger partial charge is 0.139 e. The number of carbonyl (C=O) groups is 1. The zero-order valence-electron chi connectivity index (χ0n) is 11.5. The van der Waals surface area contributed by atoms with Crippen molar-refractivity contribution in [1.29, 1.82) is 0 Å². The van der Waals surface area contributed by atoms with Crippen LogP contribution in [0.3, 0.4) is 0 Å². The number of Topliss-reactive ketones (excluding diaryl/α,β-unsaturated/α-hetero) is 1. The first-order valence-corrected chi connectivity index (χ1v) is 7.07. The SMILES string of the molecule is CCCCc1ccc(N2CCC(=O)C(C)C2)cc1. The van der Waals surface area contributed by atoms with Crippen molar-refractivity contribution in [2.45, 2.75) is 39.5 Å². The molecule has 2 nitrogen and oxygen atoms in total. The van der Waals surface area contributed by atoms with Gasteiger partial charge in [-0.3, -0.25) is 4.79 Å². The Morgan fingerprint density at radius 1 is 1.28 bits per heavy atom. The fourth-order valence-electron chi connectivity index (χ4n) is 2.50. The Labute approximate surface area is 110 Å². The third kappa shape index (κ3) is 3.12. The van der Waals surface area contributed by atoms with Crippen molar-refractivity contribution >= 4 is 11.5 Å². The van der Waals surface area contributed by atoms with Crippen LogP contribution < -0.4 is 4.90 Å². The van der Waals surface area contributed by atoms with Crippen LogP contribution in [0.25, 0.3) is 0 Å². The first-order chi connectivity index (χ1) is 8.70. The van der Waals surface area contributed by atoms with Crippen molar-refractivity contribution in [1.82, 2.24) is 0 Å². The number of nitrogens with zero attached hydrogens (tertiary/aromatic N) is 1. The van der Waals surface area contributed by atoms with Gasteiger partial charge in [0.25, 0.3) is 0 Å². The number of hydrogen-bond acceptors (Lipinski definition) is 2. The van der Waals surface area contributed by atoms with Crippen LogP contribution in [0, 0.1) is 5.92 Å².